The molecule has 1 amide bonds. The zero-order valence-corrected chi connectivity index (χ0v) is 11.3. The minimum absolute atomic E-state index is 0.210. The van der Waals surface area contributed by atoms with Gasteiger partial charge >= 0.3 is 5.97 Å². The molecule has 20 heavy (non-hydrogen) atoms. The lowest BCUT2D eigenvalue weighted by Gasteiger charge is -2.05. The third-order valence-corrected chi connectivity index (χ3v) is 3.34. The van der Waals surface area contributed by atoms with Crippen LogP contribution in [0.2, 0.25) is 0 Å². The number of hydrogen-bond donors (Lipinski definition) is 2. The number of nitrogens with zero attached hydrogens (tertiary/aromatic N) is 1. The molecule has 0 radical (unpaired) electrons. The van der Waals surface area contributed by atoms with Crippen LogP contribution < -0.4 is 5.32 Å². The molecule has 2 N–H and O–H groups in total. The number of aliphatic carboxylic acids is 1. The highest BCUT2D eigenvalue weighted by molar-refractivity contribution is 7.09. The number of amides is 1. The number of carboxylic acids is 1. The second-order valence-electron chi connectivity index (χ2n) is 3.87. The van der Waals surface area contributed by atoms with Crippen molar-refractivity contribution in [3.63, 3.8) is 0 Å². The quantitative estimate of drug-likeness (QED) is 0.826. The maximum atomic E-state index is 12.1. The van der Waals surface area contributed by atoms with E-state index in [4.69, 9.17) is 5.11 Å². The lowest BCUT2D eigenvalue weighted by molar-refractivity contribution is -0.131. The van der Waals surface area contributed by atoms with Gasteiger partial charge in [0.25, 0.3) is 5.91 Å². The van der Waals surface area contributed by atoms with Crippen LogP contribution in [0.25, 0.3) is 6.08 Å². The molecular formula is C14H12N2O3S. The van der Waals surface area contributed by atoms with E-state index in [-0.39, 0.29) is 11.6 Å². The maximum Gasteiger partial charge on any atom is 0.328 e. The van der Waals surface area contributed by atoms with E-state index in [1.54, 1.807) is 23.5 Å². The fraction of sp³-hybridized carbons (Fsp3) is 0.0714. The van der Waals surface area contributed by atoms with Crippen LogP contribution in [-0.2, 0) is 11.3 Å². The van der Waals surface area contributed by atoms with Gasteiger partial charge in [-0.2, -0.15) is 0 Å². The van der Waals surface area contributed by atoms with Gasteiger partial charge in [-0.25, -0.2) is 4.79 Å². The molecule has 2 aromatic heterocycles. The summed E-state index contributed by atoms with van der Waals surface area (Å²) in [7, 11) is 0. The molecule has 0 saturated carbocycles. The third-order valence-electron chi connectivity index (χ3n) is 2.46. The Morgan fingerprint density at radius 2 is 2.20 bits per heavy atom. The highest BCUT2D eigenvalue weighted by atomic mass is 32.1. The fourth-order valence-corrected chi connectivity index (χ4v) is 2.21. The van der Waals surface area contributed by atoms with Gasteiger partial charge in [-0.3, -0.25) is 9.78 Å². The van der Waals surface area contributed by atoms with Crippen LogP contribution in [0.4, 0.5) is 0 Å². The van der Waals surface area contributed by atoms with Crippen molar-refractivity contribution in [1.82, 2.24) is 10.3 Å². The van der Waals surface area contributed by atoms with Gasteiger partial charge in [0.15, 0.2) is 0 Å². The van der Waals surface area contributed by atoms with Crippen LogP contribution in [0.5, 0.6) is 0 Å². The van der Waals surface area contributed by atoms with Crippen molar-refractivity contribution in [3.05, 3.63) is 58.1 Å². The summed E-state index contributed by atoms with van der Waals surface area (Å²) < 4.78 is 0. The highest BCUT2D eigenvalue weighted by Crippen LogP contribution is 2.10. The maximum absolute atomic E-state index is 12.1. The average Bonchev–Trinajstić information content (AvgIpc) is 2.96. The molecule has 0 aromatic carbocycles. The Hall–Kier alpha value is -2.47. The first-order chi connectivity index (χ1) is 9.66. The van der Waals surface area contributed by atoms with Crippen LogP contribution in [0.1, 0.15) is 20.9 Å². The van der Waals surface area contributed by atoms with Crippen LogP contribution in [0.3, 0.4) is 0 Å². The van der Waals surface area contributed by atoms with Crippen molar-refractivity contribution < 1.29 is 14.7 Å². The molecule has 2 rings (SSSR count). The number of carbonyl (C=O) groups is 2. The summed E-state index contributed by atoms with van der Waals surface area (Å²) in [4.78, 5) is 27.6. The number of aromatic nitrogens is 1. The molecule has 6 heteroatoms. The van der Waals surface area contributed by atoms with E-state index in [1.165, 1.54) is 12.3 Å². The lowest BCUT2D eigenvalue weighted by atomic mass is 10.1. The predicted octanol–water partition coefficient (Wildman–Crippen LogP) is 2.17. The molecule has 2 aromatic rings. The minimum Gasteiger partial charge on any atom is -0.478 e. The lowest BCUT2D eigenvalue weighted by Crippen LogP contribution is -2.24. The molecule has 0 aliphatic carbocycles. The van der Waals surface area contributed by atoms with E-state index >= 15 is 0 Å². The van der Waals surface area contributed by atoms with E-state index in [1.807, 2.05) is 17.5 Å². The Morgan fingerprint density at radius 1 is 1.35 bits per heavy atom. The van der Waals surface area contributed by atoms with Crippen molar-refractivity contribution in [2.75, 3.05) is 0 Å². The molecule has 102 valence electrons. The van der Waals surface area contributed by atoms with Crippen LogP contribution in [-0.4, -0.2) is 22.0 Å². The summed E-state index contributed by atoms with van der Waals surface area (Å²) in [6.45, 7) is 0.426. The normalized spacial score (nSPS) is 10.6. The molecule has 0 fully saturated rings. The van der Waals surface area contributed by atoms with E-state index in [0.717, 1.165) is 11.0 Å². The third kappa shape index (κ3) is 3.76. The molecule has 0 aliphatic heterocycles. The van der Waals surface area contributed by atoms with Gasteiger partial charge < -0.3 is 10.4 Å². The van der Waals surface area contributed by atoms with Gasteiger partial charge in [0.1, 0.15) is 5.69 Å². The Balaban J connectivity index is 2.11. The number of rotatable bonds is 5. The van der Waals surface area contributed by atoms with Gasteiger partial charge in [0.05, 0.1) is 6.54 Å². The van der Waals surface area contributed by atoms with E-state index in [2.05, 4.69) is 10.3 Å². The van der Waals surface area contributed by atoms with Gasteiger partial charge in [-0.1, -0.05) is 12.1 Å². The summed E-state index contributed by atoms with van der Waals surface area (Å²) in [5.74, 6) is -1.40. The molecule has 0 unspecified atom stereocenters. The fourth-order valence-electron chi connectivity index (χ4n) is 1.57. The molecule has 0 aliphatic rings. The first-order valence-electron chi connectivity index (χ1n) is 5.83. The van der Waals surface area contributed by atoms with E-state index < -0.39 is 5.97 Å². The monoisotopic (exact) mass is 288 g/mol. The van der Waals surface area contributed by atoms with Crippen LogP contribution in [0.15, 0.2) is 41.9 Å². The van der Waals surface area contributed by atoms with Crippen molar-refractivity contribution in [1.29, 1.82) is 0 Å². The van der Waals surface area contributed by atoms with E-state index in [0.29, 0.717) is 12.1 Å². The Bertz CT molecular complexity index is 636. The molecule has 0 saturated heterocycles. The largest absolute Gasteiger partial charge is 0.478 e. The number of carbonyl (C=O) groups excluding carboxylic acids is 1. The number of nitrogens with one attached hydrogen (secondary N) is 1. The van der Waals surface area contributed by atoms with Gasteiger partial charge in [-0.15, -0.1) is 11.3 Å². The summed E-state index contributed by atoms with van der Waals surface area (Å²) in [6, 6.07) is 7.13. The van der Waals surface area contributed by atoms with Gasteiger partial charge in [0.2, 0.25) is 0 Å². The summed E-state index contributed by atoms with van der Waals surface area (Å²) in [5.41, 5.74) is 0.681. The van der Waals surface area contributed by atoms with Crippen LogP contribution >= 0.6 is 11.3 Å². The van der Waals surface area contributed by atoms with Crippen molar-refractivity contribution in [2.24, 2.45) is 0 Å². The zero-order chi connectivity index (χ0) is 14.4. The first-order valence-corrected chi connectivity index (χ1v) is 6.71. The predicted molar refractivity (Wildman–Crippen MR) is 76.4 cm³/mol. The van der Waals surface area contributed by atoms with Crippen molar-refractivity contribution >= 4 is 29.3 Å². The molecular weight excluding hydrogens is 276 g/mol. The van der Waals surface area contributed by atoms with E-state index in [9.17, 15) is 9.59 Å². The summed E-state index contributed by atoms with van der Waals surface area (Å²) in [5, 5.41) is 13.3. The molecule has 5 nitrogen and oxygen atoms in total. The molecule has 2 heterocycles. The summed E-state index contributed by atoms with van der Waals surface area (Å²) >= 11 is 1.55. The summed E-state index contributed by atoms with van der Waals surface area (Å²) in [6.07, 6.45) is 3.83. The van der Waals surface area contributed by atoms with Gasteiger partial charge in [0, 0.05) is 22.7 Å². The Kier molecular flexibility index (Phi) is 4.62. The van der Waals surface area contributed by atoms with Crippen molar-refractivity contribution in [3.8, 4) is 0 Å². The van der Waals surface area contributed by atoms with Crippen LogP contribution in [0, 0.1) is 0 Å². The SMILES string of the molecule is O=C(O)/C=C/c1cccnc1C(=O)NCc1cccs1. The zero-order valence-electron chi connectivity index (χ0n) is 10.4. The Labute approximate surface area is 119 Å². The highest BCUT2D eigenvalue weighted by Gasteiger charge is 2.11. The standard InChI is InChI=1S/C14H12N2O3S/c17-12(18)6-5-10-3-1-7-15-13(10)14(19)16-9-11-4-2-8-20-11/h1-8H,9H2,(H,16,19)(H,17,18)/b6-5+. The molecule has 0 atom stereocenters. The number of carboxylic acid groups (broad SMARTS) is 1. The topological polar surface area (TPSA) is 79.3 Å². The smallest absolute Gasteiger partial charge is 0.328 e. The number of hydrogen-bond acceptors (Lipinski definition) is 4. The second-order valence-corrected chi connectivity index (χ2v) is 4.91. The average molecular weight is 288 g/mol. The first kappa shape index (κ1) is 14.0. The minimum atomic E-state index is -1.07. The van der Waals surface area contributed by atoms with Crippen molar-refractivity contribution in [2.45, 2.75) is 6.54 Å². The second kappa shape index (κ2) is 6.63. The molecule has 0 bridgehead atoms. The molecule has 0 spiro atoms. The Morgan fingerprint density at radius 3 is 2.90 bits per heavy atom. The number of pyridine rings is 1. The number of thiophene rings is 1. The van der Waals surface area contributed by atoms with Gasteiger partial charge in [-0.05, 0) is 23.6 Å².